The summed E-state index contributed by atoms with van der Waals surface area (Å²) in [6, 6.07) is 32.8. The maximum atomic E-state index is 12.7. The van der Waals surface area contributed by atoms with Crippen molar-refractivity contribution in [2.45, 2.75) is 6.42 Å². The Hall–Kier alpha value is -6.48. The van der Waals surface area contributed by atoms with E-state index in [2.05, 4.69) is 0 Å². The Kier molecular flexibility index (Phi) is 10.2. The zero-order chi connectivity index (χ0) is 33.2. The minimum Gasteiger partial charge on any atom is -0.462 e. The molecule has 0 heterocycles. The van der Waals surface area contributed by atoms with Gasteiger partial charge in [-0.05, 0) is 77.9 Å². The molecule has 0 radical (unpaired) electrons. The summed E-state index contributed by atoms with van der Waals surface area (Å²) < 4.78 is 16.1. The molecule has 0 aliphatic carbocycles. The highest BCUT2D eigenvalue weighted by Crippen LogP contribution is 2.20. The van der Waals surface area contributed by atoms with Gasteiger partial charge in [0.1, 0.15) is 11.5 Å². The van der Waals surface area contributed by atoms with Crippen LogP contribution in [-0.4, -0.2) is 30.3 Å². The smallest absolute Gasteiger partial charge is 0.343 e. The Bertz CT molecular complexity index is 1920. The molecule has 0 bridgehead atoms. The predicted molar refractivity (Wildman–Crippen MR) is 178 cm³/mol. The quantitative estimate of drug-likeness (QED) is 0.0565. The maximum absolute atomic E-state index is 12.7. The van der Waals surface area contributed by atoms with Gasteiger partial charge < -0.3 is 25.7 Å². The fourth-order valence-corrected chi connectivity index (χ4v) is 4.47. The first-order chi connectivity index (χ1) is 22.7. The molecule has 5 aromatic carbocycles. The van der Waals surface area contributed by atoms with E-state index in [0.717, 1.165) is 5.56 Å². The van der Waals surface area contributed by atoms with Gasteiger partial charge in [-0.2, -0.15) is 0 Å². The van der Waals surface area contributed by atoms with Gasteiger partial charge in [-0.25, -0.2) is 14.4 Å². The van der Waals surface area contributed by atoms with Crippen molar-refractivity contribution in [2.75, 3.05) is 18.1 Å². The van der Waals surface area contributed by atoms with Crippen LogP contribution in [0.5, 0.6) is 11.5 Å². The average molecular weight is 627 g/mol. The van der Waals surface area contributed by atoms with Gasteiger partial charge in [0.25, 0.3) is 0 Å². The van der Waals surface area contributed by atoms with Crippen molar-refractivity contribution in [2.24, 2.45) is 0 Å². The molecule has 234 valence electrons. The Morgan fingerprint density at radius 1 is 0.596 bits per heavy atom. The van der Waals surface area contributed by atoms with Gasteiger partial charge in [0, 0.05) is 35.0 Å². The maximum Gasteiger partial charge on any atom is 0.343 e. The highest BCUT2D eigenvalue weighted by molar-refractivity contribution is 6.09. The average Bonchev–Trinajstić information content (AvgIpc) is 3.09. The van der Waals surface area contributed by atoms with E-state index in [1.54, 1.807) is 84.9 Å². The molecule has 0 amide bonds. The van der Waals surface area contributed by atoms with E-state index in [0.29, 0.717) is 40.2 Å². The molecule has 0 aliphatic rings. The third-order valence-corrected chi connectivity index (χ3v) is 7.01. The number of nitrogens with two attached hydrogens (primary N) is 2. The lowest BCUT2D eigenvalue weighted by Gasteiger charge is -2.08. The molecule has 4 N–H and O–H groups in total. The lowest BCUT2D eigenvalue weighted by Crippen LogP contribution is -2.10. The lowest BCUT2D eigenvalue weighted by molar-refractivity contribution is -0.137. The summed E-state index contributed by atoms with van der Waals surface area (Å²) in [5.74, 6) is -1.32. The summed E-state index contributed by atoms with van der Waals surface area (Å²) in [6.45, 7) is 0.169. The summed E-state index contributed by atoms with van der Waals surface area (Å²) >= 11 is 0. The van der Waals surface area contributed by atoms with Crippen LogP contribution in [0.3, 0.4) is 0 Å². The van der Waals surface area contributed by atoms with Crippen LogP contribution in [0.25, 0.3) is 6.08 Å². The molecule has 5 aromatic rings. The number of ketones is 1. The van der Waals surface area contributed by atoms with Crippen molar-refractivity contribution in [3.63, 3.8) is 0 Å². The minimum atomic E-state index is -0.607. The van der Waals surface area contributed by atoms with Crippen LogP contribution in [0.4, 0.5) is 11.4 Å². The normalized spacial score (nSPS) is 10.7. The Morgan fingerprint density at radius 3 is 1.72 bits per heavy atom. The van der Waals surface area contributed by atoms with Crippen LogP contribution < -0.4 is 20.9 Å². The largest absolute Gasteiger partial charge is 0.462 e. The lowest BCUT2D eigenvalue weighted by atomic mass is 10.0. The van der Waals surface area contributed by atoms with Crippen LogP contribution >= 0.6 is 0 Å². The van der Waals surface area contributed by atoms with Crippen molar-refractivity contribution in [1.29, 1.82) is 0 Å². The molecule has 0 atom stereocenters. The molecule has 0 fully saturated rings. The van der Waals surface area contributed by atoms with Crippen LogP contribution in [0, 0.1) is 0 Å². The second-order valence-electron chi connectivity index (χ2n) is 10.4. The van der Waals surface area contributed by atoms with E-state index in [-0.39, 0.29) is 29.3 Å². The molecular formula is C38H30N2O7. The number of hydrogen-bond donors (Lipinski definition) is 2. The minimum absolute atomic E-state index is 0.146. The summed E-state index contributed by atoms with van der Waals surface area (Å²) in [5, 5.41) is 0. The number of esters is 3. The van der Waals surface area contributed by atoms with Crippen LogP contribution in [0.1, 0.15) is 47.8 Å². The highest BCUT2D eigenvalue weighted by atomic mass is 16.5. The van der Waals surface area contributed by atoms with Gasteiger partial charge in [0.05, 0.1) is 17.7 Å². The van der Waals surface area contributed by atoms with Crippen LogP contribution in [0.2, 0.25) is 0 Å². The Labute approximate surface area is 271 Å². The van der Waals surface area contributed by atoms with Crippen molar-refractivity contribution < 1.29 is 33.4 Å². The third-order valence-electron chi connectivity index (χ3n) is 7.01. The molecule has 0 unspecified atom stereocenters. The SMILES string of the molecule is Nc1ccc(CCOC(=O)C=Cc2ccc(OC(=O)c3ccc(OC(=O)c4ccc(C(=O)c5ccccc5)cc4)cc3)cc2)c(N)c1. The van der Waals surface area contributed by atoms with Gasteiger partial charge in [-0.3, -0.25) is 4.79 Å². The summed E-state index contributed by atoms with van der Waals surface area (Å²) in [5.41, 5.74) is 15.8. The van der Waals surface area contributed by atoms with Crippen LogP contribution in [-0.2, 0) is 16.0 Å². The molecule has 47 heavy (non-hydrogen) atoms. The number of carbonyl (C=O) groups excluding carboxylic acids is 4. The van der Waals surface area contributed by atoms with Crippen molar-refractivity contribution in [1.82, 2.24) is 0 Å². The van der Waals surface area contributed by atoms with Crippen LogP contribution in [0.15, 0.2) is 127 Å². The molecular weight excluding hydrogens is 596 g/mol. The molecule has 0 saturated heterocycles. The van der Waals surface area contributed by atoms with E-state index in [1.807, 2.05) is 6.07 Å². The molecule has 0 aromatic heterocycles. The second-order valence-corrected chi connectivity index (χ2v) is 10.4. The number of ether oxygens (including phenoxy) is 3. The van der Waals surface area contributed by atoms with E-state index in [9.17, 15) is 19.2 Å². The first-order valence-corrected chi connectivity index (χ1v) is 14.6. The fourth-order valence-electron chi connectivity index (χ4n) is 4.47. The van der Waals surface area contributed by atoms with Gasteiger partial charge in [0.15, 0.2) is 5.78 Å². The summed E-state index contributed by atoms with van der Waals surface area (Å²) in [4.78, 5) is 49.9. The molecule has 0 aliphatic heterocycles. The molecule has 0 spiro atoms. The topological polar surface area (TPSA) is 148 Å². The second kappa shape index (κ2) is 15.0. The zero-order valence-corrected chi connectivity index (χ0v) is 25.1. The van der Waals surface area contributed by atoms with Crippen molar-refractivity contribution >= 4 is 41.1 Å². The first kappa shape index (κ1) is 31.9. The number of anilines is 2. The third kappa shape index (κ3) is 8.80. The summed E-state index contributed by atoms with van der Waals surface area (Å²) in [6.07, 6.45) is 3.36. The van der Waals surface area contributed by atoms with Gasteiger partial charge >= 0.3 is 17.9 Å². The molecule has 5 rings (SSSR count). The fraction of sp³-hybridized carbons (Fsp3) is 0.0526. The Morgan fingerprint density at radius 2 is 1.13 bits per heavy atom. The number of benzene rings is 5. The standard InChI is InChI=1S/C38H30N2O7/c39-31-16-13-26(34(40)24-31)22-23-45-35(41)21-8-25-6-17-32(18-7-25)46-38(44)30-14-19-33(20-15-30)47-37(43)29-11-9-28(10-12-29)36(42)27-4-2-1-3-5-27/h1-21,24H,22-23,39-40H2. The van der Waals surface area contributed by atoms with Gasteiger partial charge in [-0.15, -0.1) is 0 Å². The van der Waals surface area contributed by atoms with E-state index in [1.165, 1.54) is 42.5 Å². The number of nitrogen functional groups attached to an aromatic ring is 2. The Balaban J connectivity index is 1.08. The number of hydrogen-bond acceptors (Lipinski definition) is 9. The van der Waals surface area contributed by atoms with E-state index < -0.39 is 17.9 Å². The van der Waals surface area contributed by atoms with Gasteiger partial charge in [0.2, 0.25) is 0 Å². The van der Waals surface area contributed by atoms with E-state index >= 15 is 0 Å². The molecule has 9 heteroatoms. The first-order valence-electron chi connectivity index (χ1n) is 14.6. The van der Waals surface area contributed by atoms with Crippen molar-refractivity contribution in [3.05, 3.63) is 161 Å². The van der Waals surface area contributed by atoms with Crippen molar-refractivity contribution in [3.8, 4) is 11.5 Å². The summed E-state index contributed by atoms with van der Waals surface area (Å²) in [7, 11) is 0. The number of carbonyl (C=O) groups is 4. The van der Waals surface area contributed by atoms with Gasteiger partial charge in [-0.1, -0.05) is 60.7 Å². The highest BCUT2D eigenvalue weighted by Gasteiger charge is 2.14. The number of rotatable bonds is 11. The molecule has 0 saturated carbocycles. The zero-order valence-electron chi connectivity index (χ0n) is 25.1. The molecule has 9 nitrogen and oxygen atoms in total. The monoisotopic (exact) mass is 626 g/mol. The predicted octanol–water partition coefficient (Wildman–Crippen LogP) is 6.32. The van der Waals surface area contributed by atoms with E-state index in [4.69, 9.17) is 25.7 Å².